The molecule has 1 heterocycles. The lowest BCUT2D eigenvalue weighted by Crippen LogP contribution is -2.33. The summed E-state index contributed by atoms with van der Waals surface area (Å²) in [4.78, 5) is 0. The van der Waals surface area contributed by atoms with Crippen LogP contribution in [-0.2, 0) is 4.74 Å². The number of rotatable bonds is 0. The predicted molar refractivity (Wildman–Crippen MR) is 30.9 cm³/mol. The van der Waals surface area contributed by atoms with Crippen LogP contribution in [-0.4, -0.2) is 18.2 Å². The first-order valence-electron chi connectivity index (χ1n) is 2.62. The lowest BCUT2D eigenvalue weighted by Gasteiger charge is -2.15. The van der Waals surface area contributed by atoms with Gasteiger partial charge < -0.3 is 4.74 Å². The summed E-state index contributed by atoms with van der Waals surface area (Å²) >= 11 is 0. The molecule has 0 radical (unpaired) electrons. The second-order valence-electron chi connectivity index (χ2n) is 2.39. The summed E-state index contributed by atoms with van der Waals surface area (Å²) in [6, 6.07) is 0. The molecule has 1 saturated heterocycles. The second kappa shape index (κ2) is 1.45. The Bertz CT molecular complexity index is 120. The van der Waals surface area contributed by atoms with Crippen LogP contribution in [0.15, 0.2) is 0 Å². The van der Waals surface area contributed by atoms with Gasteiger partial charge in [-0.15, -0.1) is 0 Å². The van der Waals surface area contributed by atoms with Gasteiger partial charge in [0.2, 0.25) is 0 Å². The Morgan fingerprint density at radius 3 is 2.50 bits per heavy atom. The molecule has 1 aliphatic rings. The second-order valence-corrected chi connectivity index (χ2v) is 2.39. The first kappa shape index (κ1) is 5.56. The average molecular weight is 114 g/mol. The van der Waals surface area contributed by atoms with Crippen molar-refractivity contribution in [3.63, 3.8) is 0 Å². The van der Waals surface area contributed by atoms with E-state index in [0.717, 1.165) is 0 Å². The fourth-order valence-corrected chi connectivity index (χ4v) is 0.673. The van der Waals surface area contributed by atoms with Crippen molar-refractivity contribution in [3.8, 4) is 0 Å². The summed E-state index contributed by atoms with van der Waals surface area (Å²) in [5, 5.41) is 10.0. The third kappa shape index (κ3) is 0.980. The van der Waals surface area contributed by atoms with Crippen molar-refractivity contribution in [1.29, 1.82) is 5.41 Å². The molecule has 1 aliphatic heterocycles. The summed E-state index contributed by atoms with van der Waals surface area (Å²) in [7, 11) is 0. The van der Waals surface area contributed by atoms with E-state index >= 15 is 0 Å². The van der Waals surface area contributed by atoms with Gasteiger partial charge in [0.25, 0.3) is 0 Å². The number of ether oxygens (including phenoxy) is 1. The van der Waals surface area contributed by atoms with Crippen molar-refractivity contribution in [2.75, 3.05) is 6.54 Å². The van der Waals surface area contributed by atoms with Crippen LogP contribution in [0, 0.1) is 5.41 Å². The van der Waals surface area contributed by atoms with Crippen LogP contribution in [0.5, 0.6) is 0 Å². The molecule has 0 unspecified atom stereocenters. The largest absolute Gasteiger partial charge is 0.459 e. The van der Waals surface area contributed by atoms with Gasteiger partial charge in [0.05, 0.1) is 6.54 Å². The predicted octanol–water partition coefficient (Wildman–Crippen LogP) is 0.320. The monoisotopic (exact) mass is 114 g/mol. The molecule has 0 aliphatic carbocycles. The molecule has 0 aromatic rings. The van der Waals surface area contributed by atoms with E-state index in [9.17, 15) is 0 Å². The van der Waals surface area contributed by atoms with E-state index in [1.807, 2.05) is 13.8 Å². The number of hydrogen-bond acceptors (Lipinski definition) is 3. The van der Waals surface area contributed by atoms with Gasteiger partial charge in [0.15, 0.2) is 11.6 Å². The van der Waals surface area contributed by atoms with Crippen molar-refractivity contribution in [3.05, 3.63) is 0 Å². The standard InChI is InChI=1S/C5H10N2O/c1-5(2)7-3-4(6)8-5/h6-7H,3H2,1-2H3. The zero-order chi connectivity index (χ0) is 6.20. The molecule has 1 rings (SSSR count). The molecule has 3 heteroatoms. The maximum absolute atomic E-state index is 7.02. The van der Waals surface area contributed by atoms with Gasteiger partial charge in [0, 0.05) is 0 Å². The van der Waals surface area contributed by atoms with Crippen LogP contribution in [0.25, 0.3) is 0 Å². The Balaban J connectivity index is 2.56. The Hall–Kier alpha value is -0.570. The minimum atomic E-state index is -0.308. The first-order valence-corrected chi connectivity index (χ1v) is 2.62. The molecule has 0 saturated carbocycles. The molecule has 8 heavy (non-hydrogen) atoms. The van der Waals surface area contributed by atoms with Crippen LogP contribution in [0.1, 0.15) is 13.8 Å². The Labute approximate surface area is 48.5 Å². The van der Waals surface area contributed by atoms with Crippen LogP contribution < -0.4 is 5.32 Å². The number of hydrogen-bond donors (Lipinski definition) is 2. The van der Waals surface area contributed by atoms with Gasteiger partial charge in [-0.05, 0) is 13.8 Å². The van der Waals surface area contributed by atoms with E-state index in [1.54, 1.807) is 0 Å². The van der Waals surface area contributed by atoms with E-state index in [2.05, 4.69) is 5.32 Å². The smallest absolute Gasteiger partial charge is 0.196 e. The van der Waals surface area contributed by atoms with Crippen LogP contribution in [0.3, 0.4) is 0 Å². The van der Waals surface area contributed by atoms with Gasteiger partial charge in [-0.3, -0.25) is 10.7 Å². The molecule has 0 bridgehead atoms. The van der Waals surface area contributed by atoms with E-state index in [4.69, 9.17) is 10.1 Å². The van der Waals surface area contributed by atoms with Crippen molar-refractivity contribution in [2.45, 2.75) is 19.6 Å². The molecule has 2 N–H and O–H groups in total. The molecule has 1 fully saturated rings. The van der Waals surface area contributed by atoms with Crippen molar-refractivity contribution < 1.29 is 4.74 Å². The maximum Gasteiger partial charge on any atom is 0.196 e. The highest BCUT2D eigenvalue weighted by Crippen LogP contribution is 2.09. The van der Waals surface area contributed by atoms with Crippen molar-refractivity contribution >= 4 is 5.90 Å². The summed E-state index contributed by atoms with van der Waals surface area (Å²) in [5.41, 5.74) is -0.308. The van der Waals surface area contributed by atoms with Crippen LogP contribution >= 0.6 is 0 Å². The lowest BCUT2D eigenvalue weighted by molar-refractivity contribution is 0.0993. The zero-order valence-electron chi connectivity index (χ0n) is 5.12. The topological polar surface area (TPSA) is 45.1 Å². The summed E-state index contributed by atoms with van der Waals surface area (Å²) in [5.74, 6) is 0.329. The third-order valence-electron chi connectivity index (χ3n) is 1.05. The minimum Gasteiger partial charge on any atom is -0.459 e. The molecule has 3 nitrogen and oxygen atoms in total. The molecule has 0 spiro atoms. The first-order chi connectivity index (χ1) is 3.60. The molecule has 46 valence electrons. The van der Waals surface area contributed by atoms with Gasteiger partial charge in [-0.1, -0.05) is 0 Å². The van der Waals surface area contributed by atoms with E-state index in [-0.39, 0.29) is 5.72 Å². The average Bonchev–Trinajstić information content (AvgIpc) is 1.82. The maximum atomic E-state index is 7.02. The molecule has 0 atom stereocenters. The van der Waals surface area contributed by atoms with Crippen molar-refractivity contribution in [2.24, 2.45) is 0 Å². The van der Waals surface area contributed by atoms with Gasteiger partial charge in [-0.25, -0.2) is 0 Å². The molecule has 0 aromatic heterocycles. The Morgan fingerprint density at radius 2 is 2.38 bits per heavy atom. The highest BCUT2D eigenvalue weighted by molar-refractivity contribution is 5.77. The summed E-state index contributed by atoms with van der Waals surface area (Å²) in [6.07, 6.45) is 0. The molecule has 0 amide bonds. The Morgan fingerprint density at radius 1 is 1.75 bits per heavy atom. The Kier molecular flexibility index (Phi) is 1.01. The van der Waals surface area contributed by atoms with Gasteiger partial charge in [0.1, 0.15) is 0 Å². The van der Waals surface area contributed by atoms with E-state index in [1.165, 1.54) is 0 Å². The van der Waals surface area contributed by atoms with E-state index < -0.39 is 0 Å². The van der Waals surface area contributed by atoms with Crippen LogP contribution in [0.2, 0.25) is 0 Å². The summed E-state index contributed by atoms with van der Waals surface area (Å²) < 4.78 is 5.02. The highest BCUT2D eigenvalue weighted by Gasteiger charge is 2.26. The quantitative estimate of drug-likeness (QED) is 0.476. The third-order valence-corrected chi connectivity index (χ3v) is 1.05. The normalized spacial score (nSPS) is 25.5. The van der Waals surface area contributed by atoms with Gasteiger partial charge in [-0.2, -0.15) is 0 Å². The molecular weight excluding hydrogens is 104 g/mol. The minimum absolute atomic E-state index is 0.308. The molecular formula is C5H10N2O. The zero-order valence-corrected chi connectivity index (χ0v) is 5.12. The fraction of sp³-hybridized carbons (Fsp3) is 0.800. The van der Waals surface area contributed by atoms with Gasteiger partial charge >= 0.3 is 0 Å². The van der Waals surface area contributed by atoms with Crippen LogP contribution in [0.4, 0.5) is 0 Å². The highest BCUT2D eigenvalue weighted by atomic mass is 16.5. The number of nitrogens with one attached hydrogen (secondary N) is 2. The lowest BCUT2D eigenvalue weighted by atomic mass is 10.3. The van der Waals surface area contributed by atoms with E-state index in [0.29, 0.717) is 12.4 Å². The van der Waals surface area contributed by atoms with Crippen molar-refractivity contribution in [1.82, 2.24) is 5.32 Å². The SMILES string of the molecule is CC1(C)NCC(=N)O1. The summed E-state index contributed by atoms with van der Waals surface area (Å²) in [6.45, 7) is 4.36. The molecule has 0 aromatic carbocycles. The fourth-order valence-electron chi connectivity index (χ4n) is 0.673.